The Morgan fingerprint density at radius 1 is 1.06 bits per heavy atom. The smallest absolute Gasteiger partial charge is 0.184 e. The molecule has 0 amide bonds. The molecule has 3 aliphatic heterocycles. The van der Waals surface area contributed by atoms with Crippen LogP contribution in [0.1, 0.15) is 19.3 Å². The minimum atomic E-state index is 0.749. The highest BCUT2D eigenvalue weighted by Gasteiger charge is 2.21. The predicted molar refractivity (Wildman–Crippen MR) is 61.5 cm³/mol. The first kappa shape index (κ1) is 9.57. The lowest BCUT2D eigenvalue weighted by Crippen LogP contribution is -2.32. The molecule has 5 heteroatoms. The Bertz CT molecular complexity index is 458. The summed E-state index contributed by atoms with van der Waals surface area (Å²) in [5.74, 6) is 1.90. The van der Waals surface area contributed by atoms with Crippen LogP contribution in [0.5, 0.6) is 0 Å². The van der Waals surface area contributed by atoms with Crippen molar-refractivity contribution in [3.63, 3.8) is 0 Å². The van der Waals surface area contributed by atoms with Crippen LogP contribution in [0.15, 0.2) is 12.7 Å². The van der Waals surface area contributed by atoms with Crippen molar-refractivity contribution in [1.82, 2.24) is 19.5 Å². The first-order chi connectivity index (χ1) is 7.86. The zero-order valence-corrected chi connectivity index (χ0v) is 9.43. The number of hydrogen-bond acceptors (Lipinski definition) is 4. The van der Waals surface area contributed by atoms with E-state index >= 15 is 0 Å². The SMILES string of the molecule is Cn1cnc2ncnc-2c1N1CCCCC1. The molecule has 0 saturated carbocycles. The van der Waals surface area contributed by atoms with Gasteiger partial charge in [-0.3, -0.25) is 0 Å². The third-order valence-corrected chi connectivity index (χ3v) is 3.13. The van der Waals surface area contributed by atoms with E-state index in [-0.39, 0.29) is 0 Å². The number of hydrogen-bond donors (Lipinski definition) is 0. The van der Waals surface area contributed by atoms with Gasteiger partial charge in [-0.1, -0.05) is 0 Å². The molecule has 3 heterocycles. The van der Waals surface area contributed by atoms with Gasteiger partial charge in [-0.2, -0.15) is 0 Å². The fourth-order valence-electron chi connectivity index (χ4n) is 2.35. The number of nitrogens with zero attached hydrogens (tertiary/aromatic N) is 5. The van der Waals surface area contributed by atoms with Crippen molar-refractivity contribution in [3.8, 4) is 11.5 Å². The Kier molecular flexibility index (Phi) is 2.23. The van der Waals surface area contributed by atoms with Gasteiger partial charge in [-0.05, 0) is 19.3 Å². The summed E-state index contributed by atoms with van der Waals surface area (Å²) in [6.07, 6.45) is 7.27. The van der Waals surface area contributed by atoms with Gasteiger partial charge in [0.1, 0.15) is 12.1 Å². The minimum Gasteiger partial charge on any atom is -0.356 e. The number of aryl methyl sites for hydroxylation is 1. The van der Waals surface area contributed by atoms with Crippen molar-refractivity contribution in [2.75, 3.05) is 18.0 Å². The van der Waals surface area contributed by atoms with E-state index in [4.69, 9.17) is 0 Å². The largest absolute Gasteiger partial charge is 0.356 e. The van der Waals surface area contributed by atoms with E-state index in [1.54, 1.807) is 6.33 Å². The van der Waals surface area contributed by atoms with Crippen molar-refractivity contribution >= 4 is 5.82 Å². The lowest BCUT2D eigenvalue weighted by atomic mass is 10.1. The van der Waals surface area contributed by atoms with Crippen LogP contribution in [0.2, 0.25) is 0 Å². The van der Waals surface area contributed by atoms with E-state index in [0.29, 0.717) is 0 Å². The molecule has 0 aromatic heterocycles. The Balaban J connectivity index is 2.07. The molecule has 16 heavy (non-hydrogen) atoms. The maximum atomic E-state index is 4.32. The average molecular weight is 217 g/mol. The first-order valence-electron chi connectivity index (χ1n) is 5.73. The highest BCUT2D eigenvalue weighted by molar-refractivity contribution is 5.68. The average Bonchev–Trinajstić information content (AvgIpc) is 2.78. The van der Waals surface area contributed by atoms with E-state index in [9.17, 15) is 0 Å². The summed E-state index contributed by atoms with van der Waals surface area (Å²) in [7, 11) is 2.02. The topological polar surface area (TPSA) is 46.8 Å². The molecule has 1 fully saturated rings. The van der Waals surface area contributed by atoms with Gasteiger partial charge in [0.25, 0.3) is 0 Å². The fourth-order valence-corrected chi connectivity index (χ4v) is 2.35. The standard InChI is InChI=1S/C11H15N5/c1-15-8-14-10-9(12-7-13-10)11(15)16-5-3-2-4-6-16/h7-8H,2-6H2,1H3. The summed E-state index contributed by atoms with van der Waals surface area (Å²) in [5.41, 5.74) is 0.923. The zero-order valence-electron chi connectivity index (χ0n) is 9.43. The quantitative estimate of drug-likeness (QED) is 0.722. The van der Waals surface area contributed by atoms with E-state index in [1.807, 2.05) is 17.9 Å². The van der Waals surface area contributed by atoms with Crippen LogP contribution < -0.4 is 4.90 Å². The number of piperidine rings is 1. The third-order valence-electron chi connectivity index (χ3n) is 3.13. The highest BCUT2D eigenvalue weighted by atomic mass is 15.3. The second kappa shape index (κ2) is 3.73. The van der Waals surface area contributed by atoms with Crippen LogP contribution >= 0.6 is 0 Å². The molecule has 0 aliphatic carbocycles. The van der Waals surface area contributed by atoms with Crippen molar-refractivity contribution < 1.29 is 0 Å². The van der Waals surface area contributed by atoms with Crippen LogP contribution in [-0.4, -0.2) is 32.6 Å². The number of aromatic nitrogens is 4. The molecule has 0 aromatic rings. The molecule has 3 rings (SSSR count). The molecule has 0 spiro atoms. The van der Waals surface area contributed by atoms with Crippen LogP contribution in [-0.2, 0) is 7.05 Å². The summed E-state index contributed by atoms with van der Waals surface area (Å²) in [6, 6.07) is 0. The Morgan fingerprint density at radius 3 is 2.69 bits per heavy atom. The van der Waals surface area contributed by atoms with Gasteiger partial charge in [0.15, 0.2) is 11.5 Å². The summed E-state index contributed by atoms with van der Waals surface area (Å²) in [6.45, 7) is 2.22. The monoisotopic (exact) mass is 217 g/mol. The first-order valence-corrected chi connectivity index (χ1v) is 5.73. The number of imidazole rings is 1. The lowest BCUT2D eigenvalue weighted by molar-refractivity contribution is 0.564. The Labute approximate surface area is 94.5 Å². The molecule has 0 radical (unpaired) electrons. The van der Waals surface area contributed by atoms with Crippen LogP contribution in [0.25, 0.3) is 11.5 Å². The number of rotatable bonds is 1. The van der Waals surface area contributed by atoms with E-state index in [0.717, 1.165) is 30.4 Å². The van der Waals surface area contributed by atoms with Gasteiger partial charge in [-0.15, -0.1) is 0 Å². The van der Waals surface area contributed by atoms with E-state index in [2.05, 4.69) is 19.9 Å². The molecule has 84 valence electrons. The molecule has 0 unspecified atom stereocenters. The van der Waals surface area contributed by atoms with Gasteiger partial charge in [0, 0.05) is 20.1 Å². The third kappa shape index (κ3) is 1.43. The van der Waals surface area contributed by atoms with Gasteiger partial charge in [-0.25, -0.2) is 15.0 Å². The van der Waals surface area contributed by atoms with Crippen molar-refractivity contribution in [3.05, 3.63) is 12.7 Å². The molecule has 5 nitrogen and oxygen atoms in total. The second-order valence-electron chi connectivity index (χ2n) is 4.27. The summed E-state index contributed by atoms with van der Waals surface area (Å²) < 4.78 is 2.04. The molecule has 0 bridgehead atoms. The van der Waals surface area contributed by atoms with Gasteiger partial charge < -0.3 is 9.47 Å². The maximum absolute atomic E-state index is 4.32. The fraction of sp³-hybridized carbons (Fsp3) is 0.545. The molecular weight excluding hydrogens is 202 g/mol. The lowest BCUT2D eigenvalue weighted by Gasteiger charge is -2.30. The van der Waals surface area contributed by atoms with E-state index < -0.39 is 0 Å². The number of anilines is 1. The Morgan fingerprint density at radius 2 is 1.88 bits per heavy atom. The van der Waals surface area contributed by atoms with Gasteiger partial charge in [0.05, 0.1) is 6.33 Å². The van der Waals surface area contributed by atoms with Gasteiger partial charge in [0.2, 0.25) is 0 Å². The van der Waals surface area contributed by atoms with Crippen molar-refractivity contribution in [1.29, 1.82) is 0 Å². The van der Waals surface area contributed by atoms with Crippen molar-refractivity contribution in [2.24, 2.45) is 7.05 Å². The maximum Gasteiger partial charge on any atom is 0.184 e. The summed E-state index contributed by atoms with van der Waals surface area (Å²) in [4.78, 5) is 15.1. The van der Waals surface area contributed by atoms with Gasteiger partial charge >= 0.3 is 0 Å². The van der Waals surface area contributed by atoms with Crippen LogP contribution in [0, 0.1) is 0 Å². The molecule has 0 atom stereocenters. The summed E-state index contributed by atoms with van der Waals surface area (Å²) >= 11 is 0. The Hall–Kier alpha value is -1.65. The molecule has 3 aliphatic rings. The second-order valence-corrected chi connectivity index (χ2v) is 4.27. The molecule has 1 saturated heterocycles. The molecule has 0 N–H and O–H groups in total. The molecule has 0 aromatic carbocycles. The summed E-state index contributed by atoms with van der Waals surface area (Å²) in [5, 5.41) is 0. The normalized spacial score (nSPS) is 16.9. The molecular formula is C11H15N5. The zero-order chi connectivity index (χ0) is 11.0. The van der Waals surface area contributed by atoms with Crippen LogP contribution in [0.3, 0.4) is 0 Å². The highest BCUT2D eigenvalue weighted by Crippen LogP contribution is 2.28. The van der Waals surface area contributed by atoms with E-state index in [1.165, 1.54) is 19.3 Å². The van der Waals surface area contributed by atoms with Crippen molar-refractivity contribution in [2.45, 2.75) is 19.3 Å². The van der Waals surface area contributed by atoms with Crippen LogP contribution in [0.4, 0.5) is 5.82 Å². The number of fused-ring (bicyclic) bond motifs is 1. The minimum absolute atomic E-state index is 0.749. The predicted octanol–water partition coefficient (Wildman–Crippen LogP) is 1.31.